The maximum absolute atomic E-state index is 4.46. The second kappa shape index (κ2) is 4.41. The number of aromatic nitrogens is 1. The summed E-state index contributed by atoms with van der Waals surface area (Å²) in [6.07, 6.45) is 2.43. The second-order valence-corrected chi connectivity index (χ2v) is 4.89. The molecule has 1 aliphatic heterocycles. The summed E-state index contributed by atoms with van der Waals surface area (Å²) < 4.78 is 0.946. The third kappa shape index (κ3) is 2.55. The zero-order valence-corrected chi connectivity index (χ0v) is 10.00. The first kappa shape index (κ1) is 10.1. The molecule has 2 rings (SSSR count). The lowest BCUT2D eigenvalue weighted by atomic mass is 10.0. The van der Waals surface area contributed by atoms with E-state index in [0.29, 0.717) is 0 Å². The molecule has 0 aliphatic carbocycles. The highest BCUT2D eigenvalue weighted by Crippen LogP contribution is 2.19. The predicted octanol–water partition coefficient (Wildman–Crippen LogP) is 2.34. The smallest absolute Gasteiger partial charge is 0.106 e. The molecular formula is C11H15BrN2. The van der Waals surface area contributed by atoms with Crippen LogP contribution < -0.4 is 0 Å². The Bertz CT molecular complexity index is 314. The molecule has 1 fully saturated rings. The summed E-state index contributed by atoms with van der Waals surface area (Å²) in [6, 6.07) is 6.15. The van der Waals surface area contributed by atoms with Gasteiger partial charge >= 0.3 is 0 Å². The number of hydrogen-bond acceptors (Lipinski definition) is 2. The Labute approximate surface area is 93.5 Å². The highest BCUT2D eigenvalue weighted by Gasteiger charge is 2.19. The van der Waals surface area contributed by atoms with E-state index in [0.717, 1.165) is 16.9 Å². The summed E-state index contributed by atoms with van der Waals surface area (Å²) in [7, 11) is 2.19. The fraction of sp³-hybridized carbons (Fsp3) is 0.545. The number of pyridine rings is 1. The first-order valence-electron chi connectivity index (χ1n) is 5.04. The van der Waals surface area contributed by atoms with Crippen LogP contribution in [-0.2, 0) is 6.42 Å². The van der Waals surface area contributed by atoms with Gasteiger partial charge in [-0.3, -0.25) is 0 Å². The zero-order chi connectivity index (χ0) is 9.97. The summed E-state index contributed by atoms with van der Waals surface area (Å²) in [5.74, 6) is 0.793. The Morgan fingerprint density at radius 2 is 2.43 bits per heavy atom. The summed E-state index contributed by atoms with van der Waals surface area (Å²) in [6.45, 7) is 2.45. The molecule has 2 nitrogen and oxygen atoms in total. The fourth-order valence-electron chi connectivity index (χ4n) is 2.05. The molecule has 1 aromatic rings. The van der Waals surface area contributed by atoms with Crippen molar-refractivity contribution in [3.63, 3.8) is 0 Å². The molecule has 0 unspecified atom stereocenters. The summed E-state index contributed by atoms with van der Waals surface area (Å²) in [4.78, 5) is 6.85. The molecule has 0 radical (unpaired) electrons. The number of likely N-dealkylation sites (tertiary alicyclic amines) is 1. The number of halogens is 1. The molecule has 1 aromatic heterocycles. The Morgan fingerprint density at radius 1 is 1.57 bits per heavy atom. The van der Waals surface area contributed by atoms with E-state index in [1.807, 2.05) is 6.07 Å². The Hall–Kier alpha value is -0.410. The van der Waals surface area contributed by atoms with Gasteiger partial charge in [-0.15, -0.1) is 0 Å². The van der Waals surface area contributed by atoms with Gasteiger partial charge in [0.1, 0.15) is 4.60 Å². The van der Waals surface area contributed by atoms with E-state index in [1.54, 1.807) is 0 Å². The van der Waals surface area contributed by atoms with Crippen LogP contribution in [0.2, 0.25) is 0 Å². The van der Waals surface area contributed by atoms with Crippen molar-refractivity contribution < 1.29 is 0 Å². The van der Waals surface area contributed by atoms with Gasteiger partial charge in [0.15, 0.2) is 0 Å². The van der Waals surface area contributed by atoms with E-state index >= 15 is 0 Å². The second-order valence-electron chi connectivity index (χ2n) is 4.07. The topological polar surface area (TPSA) is 16.1 Å². The van der Waals surface area contributed by atoms with Crippen LogP contribution in [0.25, 0.3) is 0 Å². The minimum Gasteiger partial charge on any atom is -0.306 e. The molecule has 0 amide bonds. The van der Waals surface area contributed by atoms with E-state index in [4.69, 9.17) is 0 Å². The van der Waals surface area contributed by atoms with Crippen LogP contribution in [0.5, 0.6) is 0 Å². The molecule has 3 heteroatoms. The first-order valence-corrected chi connectivity index (χ1v) is 5.83. The molecular weight excluding hydrogens is 240 g/mol. The van der Waals surface area contributed by atoms with Crippen molar-refractivity contribution in [3.05, 3.63) is 28.5 Å². The Morgan fingerprint density at radius 3 is 3.07 bits per heavy atom. The molecule has 0 aromatic carbocycles. The van der Waals surface area contributed by atoms with Crippen LogP contribution in [0.1, 0.15) is 12.1 Å². The number of hydrogen-bond donors (Lipinski definition) is 0. The minimum absolute atomic E-state index is 0.793. The van der Waals surface area contributed by atoms with E-state index in [-0.39, 0.29) is 0 Å². The van der Waals surface area contributed by atoms with Crippen LogP contribution >= 0.6 is 15.9 Å². The van der Waals surface area contributed by atoms with Crippen molar-refractivity contribution >= 4 is 15.9 Å². The molecule has 76 valence electrons. The van der Waals surface area contributed by atoms with Crippen LogP contribution in [0, 0.1) is 5.92 Å². The van der Waals surface area contributed by atoms with Crippen molar-refractivity contribution in [3.8, 4) is 0 Å². The largest absolute Gasteiger partial charge is 0.306 e. The molecule has 0 spiro atoms. The molecule has 0 N–H and O–H groups in total. The highest BCUT2D eigenvalue weighted by atomic mass is 79.9. The minimum atomic E-state index is 0.793. The number of nitrogens with zero attached hydrogens (tertiary/aromatic N) is 2. The SMILES string of the molecule is CN1CC[C@H](Cc2cccc(Br)n2)C1. The van der Waals surface area contributed by atoms with Crippen molar-refractivity contribution in [2.24, 2.45) is 5.92 Å². The van der Waals surface area contributed by atoms with Gasteiger partial charge in [0, 0.05) is 12.2 Å². The normalized spacial score (nSPS) is 22.9. The molecule has 1 aliphatic rings. The van der Waals surface area contributed by atoms with Gasteiger partial charge in [0.2, 0.25) is 0 Å². The van der Waals surface area contributed by atoms with Crippen molar-refractivity contribution in [2.45, 2.75) is 12.8 Å². The summed E-state index contributed by atoms with van der Waals surface area (Å²) >= 11 is 3.40. The third-order valence-corrected chi connectivity index (χ3v) is 3.20. The first-order chi connectivity index (χ1) is 6.74. The molecule has 0 saturated carbocycles. The van der Waals surface area contributed by atoms with Crippen LogP contribution in [0.15, 0.2) is 22.8 Å². The van der Waals surface area contributed by atoms with E-state index in [9.17, 15) is 0 Å². The van der Waals surface area contributed by atoms with Crippen molar-refractivity contribution in [1.82, 2.24) is 9.88 Å². The molecule has 1 saturated heterocycles. The third-order valence-electron chi connectivity index (χ3n) is 2.76. The highest BCUT2D eigenvalue weighted by molar-refractivity contribution is 9.10. The van der Waals surface area contributed by atoms with Gasteiger partial charge < -0.3 is 4.90 Å². The maximum atomic E-state index is 4.46. The van der Waals surface area contributed by atoms with E-state index < -0.39 is 0 Å². The lowest BCUT2D eigenvalue weighted by Crippen LogP contribution is -2.15. The summed E-state index contributed by atoms with van der Waals surface area (Å²) in [5.41, 5.74) is 1.21. The Balaban J connectivity index is 1.97. The quantitative estimate of drug-likeness (QED) is 0.754. The zero-order valence-electron chi connectivity index (χ0n) is 8.41. The average Bonchev–Trinajstić information content (AvgIpc) is 2.51. The lowest BCUT2D eigenvalue weighted by Gasteiger charge is -2.09. The lowest BCUT2D eigenvalue weighted by molar-refractivity contribution is 0.393. The summed E-state index contributed by atoms with van der Waals surface area (Å²) in [5, 5.41) is 0. The van der Waals surface area contributed by atoms with Gasteiger partial charge in [-0.2, -0.15) is 0 Å². The van der Waals surface area contributed by atoms with Gasteiger partial charge in [0.05, 0.1) is 0 Å². The van der Waals surface area contributed by atoms with Gasteiger partial charge in [-0.05, 0) is 60.4 Å². The average molecular weight is 255 g/mol. The monoisotopic (exact) mass is 254 g/mol. The van der Waals surface area contributed by atoms with Gasteiger partial charge in [0.25, 0.3) is 0 Å². The van der Waals surface area contributed by atoms with Crippen LogP contribution in [-0.4, -0.2) is 30.0 Å². The predicted molar refractivity (Wildman–Crippen MR) is 61.2 cm³/mol. The molecule has 1 atom stereocenters. The van der Waals surface area contributed by atoms with Crippen LogP contribution in [0.4, 0.5) is 0 Å². The molecule has 2 heterocycles. The van der Waals surface area contributed by atoms with Gasteiger partial charge in [-0.25, -0.2) is 4.98 Å². The maximum Gasteiger partial charge on any atom is 0.106 e. The Kier molecular flexibility index (Phi) is 3.19. The van der Waals surface area contributed by atoms with Crippen molar-refractivity contribution in [2.75, 3.05) is 20.1 Å². The van der Waals surface area contributed by atoms with E-state index in [2.05, 4.69) is 45.0 Å². The van der Waals surface area contributed by atoms with Crippen LogP contribution in [0.3, 0.4) is 0 Å². The fourth-order valence-corrected chi connectivity index (χ4v) is 2.43. The van der Waals surface area contributed by atoms with Crippen molar-refractivity contribution in [1.29, 1.82) is 0 Å². The van der Waals surface area contributed by atoms with E-state index in [1.165, 1.54) is 25.2 Å². The molecule has 0 bridgehead atoms. The van der Waals surface area contributed by atoms with Gasteiger partial charge in [-0.1, -0.05) is 6.07 Å². The standard InChI is InChI=1S/C11H15BrN2/c1-14-6-5-9(8-14)7-10-3-2-4-11(12)13-10/h2-4,9H,5-8H2,1H3/t9-/m1/s1. The number of rotatable bonds is 2. The molecule has 14 heavy (non-hydrogen) atoms.